The van der Waals surface area contributed by atoms with Crippen LogP contribution >= 0.6 is 22.9 Å². The highest BCUT2D eigenvalue weighted by molar-refractivity contribution is 7.12. The molecular formula is C16H17ClN2O2S. The van der Waals surface area contributed by atoms with E-state index in [4.69, 9.17) is 11.6 Å². The third-order valence-electron chi connectivity index (χ3n) is 3.20. The number of thiophene rings is 1. The first-order chi connectivity index (χ1) is 10.5. The fraction of sp³-hybridized carbons (Fsp3) is 0.250. The lowest BCUT2D eigenvalue weighted by Gasteiger charge is -2.22. The van der Waals surface area contributed by atoms with E-state index in [1.54, 1.807) is 37.1 Å². The molecule has 2 aromatic rings. The zero-order valence-electron chi connectivity index (χ0n) is 12.4. The topological polar surface area (TPSA) is 49.4 Å². The van der Waals surface area contributed by atoms with Crippen molar-refractivity contribution < 1.29 is 9.59 Å². The van der Waals surface area contributed by atoms with Gasteiger partial charge in [-0.15, -0.1) is 11.3 Å². The zero-order chi connectivity index (χ0) is 16.1. The van der Waals surface area contributed by atoms with E-state index in [1.165, 1.54) is 11.3 Å². The molecule has 0 saturated carbocycles. The van der Waals surface area contributed by atoms with Gasteiger partial charge in [0.1, 0.15) is 6.04 Å². The Morgan fingerprint density at radius 1 is 1.27 bits per heavy atom. The molecule has 2 amide bonds. The molecule has 0 aliphatic carbocycles. The molecule has 0 bridgehead atoms. The van der Waals surface area contributed by atoms with Gasteiger partial charge in [-0.05, 0) is 30.0 Å². The Labute approximate surface area is 138 Å². The quantitative estimate of drug-likeness (QED) is 0.911. The minimum atomic E-state index is -0.595. The number of halogens is 1. The van der Waals surface area contributed by atoms with Gasteiger partial charge in [0.15, 0.2) is 0 Å². The van der Waals surface area contributed by atoms with E-state index >= 15 is 0 Å². The molecular weight excluding hydrogens is 320 g/mol. The first kappa shape index (κ1) is 16.5. The maximum absolute atomic E-state index is 12.3. The Morgan fingerprint density at radius 2 is 2.00 bits per heavy atom. The van der Waals surface area contributed by atoms with Crippen molar-refractivity contribution in [2.75, 3.05) is 7.05 Å². The van der Waals surface area contributed by atoms with Crippen LogP contribution in [0.3, 0.4) is 0 Å². The highest BCUT2D eigenvalue weighted by atomic mass is 35.5. The number of hydrogen-bond acceptors (Lipinski definition) is 3. The van der Waals surface area contributed by atoms with Gasteiger partial charge in [0.05, 0.1) is 4.88 Å². The van der Waals surface area contributed by atoms with Gasteiger partial charge in [0.25, 0.3) is 5.91 Å². The lowest BCUT2D eigenvalue weighted by Crippen LogP contribution is -2.45. The number of benzene rings is 1. The molecule has 0 radical (unpaired) electrons. The summed E-state index contributed by atoms with van der Waals surface area (Å²) in [4.78, 5) is 26.4. The highest BCUT2D eigenvalue weighted by Crippen LogP contribution is 2.17. The molecule has 0 saturated heterocycles. The molecule has 0 spiro atoms. The molecule has 0 aliphatic heterocycles. The smallest absolute Gasteiger partial charge is 0.261 e. The van der Waals surface area contributed by atoms with Crippen molar-refractivity contribution in [3.05, 3.63) is 57.2 Å². The van der Waals surface area contributed by atoms with E-state index in [2.05, 4.69) is 5.32 Å². The van der Waals surface area contributed by atoms with Crippen LogP contribution in [0, 0.1) is 0 Å². The summed E-state index contributed by atoms with van der Waals surface area (Å²) >= 11 is 7.44. The summed E-state index contributed by atoms with van der Waals surface area (Å²) < 4.78 is 0. The van der Waals surface area contributed by atoms with Crippen molar-refractivity contribution in [3.63, 3.8) is 0 Å². The Bertz CT molecular complexity index is 658. The van der Waals surface area contributed by atoms with Crippen LogP contribution in [0.15, 0.2) is 41.8 Å². The normalized spacial score (nSPS) is 11.8. The van der Waals surface area contributed by atoms with Gasteiger partial charge in [-0.1, -0.05) is 35.9 Å². The van der Waals surface area contributed by atoms with E-state index in [0.29, 0.717) is 16.4 Å². The van der Waals surface area contributed by atoms with Crippen LogP contribution in [-0.2, 0) is 11.3 Å². The molecule has 1 unspecified atom stereocenters. The van der Waals surface area contributed by atoms with Gasteiger partial charge < -0.3 is 10.2 Å². The summed E-state index contributed by atoms with van der Waals surface area (Å²) in [5, 5.41) is 5.16. The molecule has 116 valence electrons. The molecule has 1 aromatic carbocycles. The summed E-state index contributed by atoms with van der Waals surface area (Å²) in [5.41, 5.74) is 0.872. The molecule has 0 aliphatic rings. The lowest BCUT2D eigenvalue weighted by molar-refractivity contribution is -0.132. The number of rotatable bonds is 5. The molecule has 22 heavy (non-hydrogen) atoms. The Kier molecular flexibility index (Phi) is 5.57. The SMILES string of the molecule is CC(NC(=O)c1cccs1)C(=O)N(C)Cc1ccccc1Cl. The molecule has 1 N–H and O–H groups in total. The second kappa shape index (κ2) is 7.42. The number of likely N-dealkylation sites (N-methyl/N-ethyl adjacent to an activating group) is 1. The van der Waals surface area contributed by atoms with Gasteiger partial charge in [-0.25, -0.2) is 0 Å². The summed E-state index contributed by atoms with van der Waals surface area (Å²) in [6.07, 6.45) is 0. The van der Waals surface area contributed by atoms with Crippen molar-refractivity contribution in [1.29, 1.82) is 0 Å². The number of amides is 2. The predicted octanol–water partition coefficient (Wildman–Crippen LogP) is 3.18. The lowest BCUT2D eigenvalue weighted by atomic mass is 10.2. The summed E-state index contributed by atoms with van der Waals surface area (Å²) in [7, 11) is 1.69. The van der Waals surface area contributed by atoms with Gasteiger partial charge >= 0.3 is 0 Å². The maximum Gasteiger partial charge on any atom is 0.261 e. The van der Waals surface area contributed by atoms with Crippen LogP contribution in [0.25, 0.3) is 0 Å². The highest BCUT2D eigenvalue weighted by Gasteiger charge is 2.21. The standard InChI is InChI=1S/C16H17ClN2O2S/c1-11(18-15(20)14-8-5-9-22-14)16(21)19(2)10-12-6-3-4-7-13(12)17/h3-9,11H,10H2,1-2H3,(H,18,20). The van der Waals surface area contributed by atoms with Gasteiger partial charge in [-0.3, -0.25) is 9.59 Å². The van der Waals surface area contributed by atoms with Crippen LogP contribution in [-0.4, -0.2) is 29.8 Å². The van der Waals surface area contributed by atoms with Crippen LogP contribution < -0.4 is 5.32 Å². The minimum absolute atomic E-state index is 0.162. The molecule has 6 heteroatoms. The van der Waals surface area contributed by atoms with Crippen molar-refractivity contribution in [2.24, 2.45) is 0 Å². The number of nitrogens with zero attached hydrogens (tertiary/aromatic N) is 1. The van der Waals surface area contributed by atoms with E-state index in [0.717, 1.165) is 5.56 Å². The van der Waals surface area contributed by atoms with E-state index in [-0.39, 0.29) is 11.8 Å². The fourth-order valence-corrected chi connectivity index (χ4v) is 2.85. The average molecular weight is 337 g/mol. The number of hydrogen-bond donors (Lipinski definition) is 1. The Balaban J connectivity index is 1.95. The van der Waals surface area contributed by atoms with Gasteiger partial charge in [-0.2, -0.15) is 0 Å². The number of carbonyl (C=O) groups excluding carboxylic acids is 2. The molecule has 1 heterocycles. The third kappa shape index (κ3) is 4.08. The van der Waals surface area contributed by atoms with Crippen LogP contribution in [0.2, 0.25) is 5.02 Å². The van der Waals surface area contributed by atoms with Crippen molar-refractivity contribution >= 4 is 34.8 Å². The fourth-order valence-electron chi connectivity index (χ4n) is 2.03. The van der Waals surface area contributed by atoms with E-state index in [9.17, 15) is 9.59 Å². The van der Waals surface area contributed by atoms with Gasteiger partial charge in [0.2, 0.25) is 5.91 Å². The maximum atomic E-state index is 12.3. The second-order valence-corrected chi connectivity index (χ2v) is 6.31. The summed E-state index contributed by atoms with van der Waals surface area (Å²) in [6.45, 7) is 2.08. The number of carbonyl (C=O) groups is 2. The zero-order valence-corrected chi connectivity index (χ0v) is 13.9. The van der Waals surface area contributed by atoms with Crippen LogP contribution in [0.4, 0.5) is 0 Å². The van der Waals surface area contributed by atoms with Crippen molar-refractivity contribution in [3.8, 4) is 0 Å². The van der Waals surface area contributed by atoms with E-state index < -0.39 is 6.04 Å². The first-order valence-electron chi connectivity index (χ1n) is 6.82. The molecule has 4 nitrogen and oxygen atoms in total. The molecule has 2 rings (SSSR count). The van der Waals surface area contributed by atoms with Crippen molar-refractivity contribution in [2.45, 2.75) is 19.5 Å². The van der Waals surface area contributed by atoms with E-state index in [1.807, 2.05) is 23.6 Å². The summed E-state index contributed by atoms with van der Waals surface area (Å²) in [5.74, 6) is -0.396. The van der Waals surface area contributed by atoms with Gasteiger partial charge in [0, 0.05) is 18.6 Å². The Morgan fingerprint density at radius 3 is 2.64 bits per heavy atom. The number of nitrogens with one attached hydrogen (secondary N) is 1. The monoisotopic (exact) mass is 336 g/mol. The van der Waals surface area contributed by atoms with Crippen LogP contribution in [0.5, 0.6) is 0 Å². The minimum Gasteiger partial charge on any atom is -0.340 e. The van der Waals surface area contributed by atoms with Crippen molar-refractivity contribution in [1.82, 2.24) is 10.2 Å². The average Bonchev–Trinajstić information content (AvgIpc) is 3.03. The molecule has 0 fully saturated rings. The first-order valence-corrected chi connectivity index (χ1v) is 8.07. The largest absolute Gasteiger partial charge is 0.340 e. The Hall–Kier alpha value is -1.85. The third-order valence-corrected chi connectivity index (χ3v) is 4.44. The molecule has 1 aromatic heterocycles. The predicted molar refractivity (Wildman–Crippen MR) is 89.2 cm³/mol. The van der Waals surface area contributed by atoms with Crippen LogP contribution in [0.1, 0.15) is 22.2 Å². The summed E-state index contributed by atoms with van der Waals surface area (Å²) in [6, 6.07) is 10.3. The second-order valence-electron chi connectivity index (χ2n) is 4.96. The molecule has 1 atom stereocenters.